The SMILES string of the molecule is C#Cc1ccc(C(NC)[C@@H](C)O)cc1. The van der Waals surface area contributed by atoms with E-state index in [1.165, 1.54) is 0 Å². The molecule has 0 aromatic heterocycles. The van der Waals surface area contributed by atoms with Gasteiger partial charge in [0.2, 0.25) is 0 Å². The molecule has 0 amide bonds. The fraction of sp³-hybridized carbons (Fsp3) is 0.333. The zero-order valence-electron chi connectivity index (χ0n) is 8.49. The first kappa shape index (κ1) is 10.8. The fourth-order valence-electron chi connectivity index (χ4n) is 1.47. The molecule has 0 heterocycles. The summed E-state index contributed by atoms with van der Waals surface area (Å²) in [5.41, 5.74) is 1.90. The Bertz CT molecular complexity index is 321. The third-order valence-electron chi connectivity index (χ3n) is 2.23. The number of nitrogens with one attached hydrogen (secondary N) is 1. The molecule has 1 rings (SSSR count). The lowest BCUT2D eigenvalue weighted by atomic mass is 10.0. The third-order valence-corrected chi connectivity index (χ3v) is 2.23. The molecule has 0 spiro atoms. The zero-order chi connectivity index (χ0) is 10.6. The van der Waals surface area contributed by atoms with E-state index in [1.54, 1.807) is 6.92 Å². The van der Waals surface area contributed by atoms with Gasteiger partial charge in [0.1, 0.15) is 0 Å². The molecule has 1 unspecified atom stereocenters. The highest BCUT2D eigenvalue weighted by molar-refractivity contribution is 5.35. The molecule has 2 heteroatoms. The molecular weight excluding hydrogens is 174 g/mol. The highest BCUT2D eigenvalue weighted by atomic mass is 16.3. The highest BCUT2D eigenvalue weighted by Gasteiger charge is 2.14. The first-order valence-electron chi connectivity index (χ1n) is 4.61. The summed E-state index contributed by atoms with van der Waals surface area (Å²) in [6.07, 6.45) is 4.83. The molecule has 0 fully saturated rings. The van der Waals surface area contributed by atoms with Crippen LogP contribution in [0.25, 0.3) is 0 Å². The lowest BCUT2D eigenvalue weighted by Gasteiger charge is -2.19. The van der Waals surface area contributed by atoms with E-state index in [2.05, 4.69) is 11.2 Å². The summed E-state index contributed by atoms with van der Waals surface area (Å²) in [5, 5.41) is 12.5. The van der Waals surface area contributed by atoms with Crippen LogP contribution < -0.4 is 5.32 Å². The van der Waals surface area contributed by atoms with E-state index in [-0.39, 0.29) is 6.04 Å². The van der Waals surface area contributed by atoms with E-state index in [9.17, 15) is 5.11 Å². The van der Waals surface area contributed by atoms with Crippen molar-refractivity contribution in [2.24, 2.45) is 0 Å². The molecule has 2 nitrogen and oxygen atoms in total. The maximum absolute atomic E-state index is 9.49. The Morgan fingerprint density at radius 3 is 2.29 bits per heavy atom. The maximum atomic E-state index is 9.49. The average Bonchev–Trinajstić information content (AvgIpc) is 2.19. The number of aliphatic hydroxyl groups excluding tert-OH is 1. The van der Waals surface area contributed by atoms with Crippen LogP contribution in [0.1, 0.15) is 24.1 Å². The predicted octanol–water partition coefficient (Wildman–Crippen LogP) is 1.31. The maximum Gasteiger partial charge on any atom is 0.0706 e. The minimum atomic E-state index is -0.420. The Labute approximate surface area is 85.0 Å². The normalized spacial score (nSPS) is 14.4. The smallest absolute Gasteiger partial charge is 0.0706 e. The van der Waals surface area contributed by atoms with Crippen LogP contribution in [0, 0.1) is 12.3 Å². The summed E-state index contributed by atoms with van der Waals surface area (Å²) in [4.78, 5) is 0. The van der Waals surface area contributed by atoms with Gasteiger partial charge in [-0.25, -0.2) is 0 Å². The molecule has 1 aromatic rings. The summed E-state index contributed by atoms with van der Waals surface area (Å²) >= 11 is 0. The number of benzene rings is 1. The Balaban J connectivity index is 2.90. The monoisotopic (exact) mass is 189 g/mol. The van der Waals surface area contributed by atoms with Crippen LogP contribution in [0.5, 0.6) is 0 Å². The van der Waals surface area contributed by atoms with Crippen molar-refractivity contribution < 1.29 is 5.11 Å². The summed E-state index contributed by atoms with van der Waals surface area (Å²) in [5.74, 6) is 2.56. The molecule has 0 saturated heterocycles. The molecule has 2 N–H and O–H groups in total. The van der Waals surface area contributed by atoms with E-state index in [1.807, 2.05) is 31.3 Å². The molecule has 0 aliphatic heterocycles. The summed E-state index contributed by atoms with van der Waals surface area (Å²) < 4.78 is 0. The summed E-state index contributed by atoms with van der Waals surface area (Å²) in [6.45, 7) is 1.76. The molecule has 0 radical (unpaired) electrons. The van der Waals surface area contributed by atoms with Crippen LogP contribution in [-0.4, -0.2) is 18.3 Å². The van der Waals surface area contributed by atoms with Crippen molar-refractivity contribution in [2.75, 3.05) is 7.05 Å². The lowest BCUT2D eigenvalue weighted by molar-refractivity contribution is 0.150. The number of rotatable bonds is 3. The van der Waals surface area contributed by atoms with Gasteiger partial charge in [0.05, 0.1) is 12.1 Å². The van der Waals surface area contributed by atoms with Crippen molar-refractivity contribution in [3.8, 4) is 12.3 Å². The van der Waals surface area contributed by atoms with E-state index < -0.39 is 6.10 Å². The molecule has 2 atom stereocenters. The number of terminal acetylenes is 1. The van der Waals surface area contributed by atoms with Crippen LogP contribution in [0.4, 0.5) is 0 Å². The quantitative estimate of drug-likeness (QED) is 0.703. The van der Waals surface area contributed by atoms with Crippen molar-refractivity contribution in [1.29, 1.82) is 0 Å². The molecule has 14 heavy (non-hydrogen) atoms. The molecule has 0 aliphatic carbocycles. The van der Waals surface area contributed by atoms with Gasteiger partial charge in [-0.2, -0.15) is 0 Å². The van der Waals surface area contributed by atoms with Gasteiger partial charge >= 0.3 is 0 Å². The Kier molecular flexibility index (Phi) is 3.70. The van der Waals surface area contributed by atoms with Gasteiger partial charge in [0, 0.05) is 5.56 Å². The van der Waals surface area contributed by atoms with Crippen LogP contribution in [-0.2, 0) is 0 Å². The molecule has 0 aliphatic rings. The molecule has 74 valence electrons. The fourth-order valence-corrected chi connectivity index (χ4v) is 1.47. The topological polar surface area (TPSA) is 32.3 Å². The van der Waals surface area contributed by atoms with Gasteiger partial charge in [-0.15, -0.1) is 6.42 Å². The van der Waals surface area contributed by atoms with E-state index in [0.29, 0.717) is 0 Å². The lowest BCUT2D eigenvalue weighted by Crippen LogP contribution is -2.26. The van der Waals surface area contributed by atoms with E-state index in [4.69, 9.17) is 6.42 Å². The van der Waals surface area contributed by atoms with Gasteiger partial charge in [-0.1, -0.05) is 18.1 Å². The van der Waals surface area contributed by atoms with Crippen LogP contribution in [0.3, 0.4) is 0 Å². The number of hydrogen-bond donors (Lipinski definition) is 2. The van der Waals surface area contributed by atoms with Crippen molar-refractivity contribution in [3.63, 3.8) is 0 Å². The number of likely N-dealkylation sites (N-methyl/N-ethyl adjacent to an activating group) is 1. The van der Waals surface area contributed by atoms with Crippen LogP contribution in [0.15, 0.2) is 24.3 Å². The Morgan fingerprint density at radius 1 is 1.36 bits per heavy atom. The summed E-state index contributed by atoms with van der Waals surface area (Å²) in [7, 11) is 1.83. The first-order valence-corrected chi connectivity index (χ1v) is 4.61. The van der Waals surface area contributed by atoms with Crippen molar-refractivity contribution >= 4 is 0 Å². The molecule has 0 saturated carbocycles. The van der Waals surface area contributed by atoms with Gasteiger partial charge in [-0.05, 0) is 31.7 Å². The summed E-state index contributed by atoms with van der Waals surface area (Å²) in [6, 6.07) is 7.58. The standard InChI is InChI=1S/C12H15NO/c1-4-10-5-7-11(8-6-10)12(13-3)9(2)14/h1,5-9,12-14H,2-3H3/t9-,12?/m1/s1. The minimum Gasteiger partial charge on any atom is -0.391 e. The zero-order valence-corrected chi connectivity index (χ0v) is 8.49. The van der Waals surface area contributed by atoms with Gasteiger partial charge < -0.3 is 10.4 Å². The highest BCUT2D eigenvalue weighted by Crippen LogP contribution is 2.16. The van der Waals surface area contributed by atoms with Crippen molar-refractivity contribution in [3.05, 3.63) is 35.4 Å². The van der Waals surface area contributed by atoms with Crippen LogP contribution >= 0.6 is 0 Å². The third kappa shape index (κ3) is 2.35. The van der Waals surface area contributed by atoms with Crippen LogP contribution in [0.2, 0.25) is 0 Å². The van der Waals surface area contributed by atoms with E-state index in [0.717, 1.165) is 11.1 Å². The number of hydrogen-bond acceptors (Lipinski definition) is 2. The van der Waals surface area contributed by atoms with Crippen molar-refractivity contribution in [1.82, 2.24) is 5.32 Å². The molecule has 1 aromatic carbocycles. The Hall–Kier alpha value is -1.30. The first-order chi connectivity index (χ1) is 6.69. The minimum absolute atomic E-state index is 0.0400. The number of aliphatic hydroxyl groups is 1. The van der Waals surface area contributed by atoms with E-state index >= 15 is 0 Å². The largest absolute Gasteiger partial charge is 0.391 e. The second-order valence-corrected chi connectivity index (χ2v) is 3.27. The van der Waals surface area contributed by atoms with Gasteiger partial charge in [0.25, 0.3) is 0 Å². The Morgan fingerprint density at radius 2 is 1.93 bits per heavy atom. The van der Waals surface area contributed by atoms with Crippen molar-refractivity contribution in [2.45, 2.75) is 19.1 Å². The molecule has 0 bridgehead atoms. The second-order valence-electron chi connectivity index (χ2n) is 3.27. The van der Waals surface area contributed by atoms with Gasteiger partial charge in [-0.3, -0.25) is 0 Å². The molecular formula is C12H15NO. The van der Waals surface area contributed by atoms with Gasteiger partial charge in [0.15, 0.2) is 0 Å². The second kappa shape index (κ2) is 4.80. The average molecular weight is 189 g/mol. The predicted molar refractivity (Wildman–Crippen MR) is 57.9 cm³/mol.